The van der Waals surface area contributed by atoms with Crippen LogP contribution in [0.3, 0.4) is 0 Å². The summed E-state index contributed by atoms with van der Waals surface area (Å²) in [6.45, 7) is 11.0. The maximum absolute atomic E-state index is 13.6. The van der Waals surface area contributed by atoms with Gasteiger partial charge in [0.1, 0.15) is 15.8 Å². The van der Waals surface area contributed by atoms with Gasteiger partial charge in [-0.1, -0.05) is 30.0 Å². The van der Waals surface area contributed by atoms with Crippen molar-refractivity contribution in [1.29, 1.82) is 0 Å². The maximum atomic E-state index is 13.6. The second-order valence-corrected chi connectivity index (χ2v) is 10.0. The van der Waals surface area contributed by atoms with Gasteiger partial charge in [0, 0.05) is 25.3 Å². The first-order chi connectivity index (χ1) is 14.7. The Balaban J connectivity index is 1.92. The minimum Gasteiger partial charge on any atom is -0.372 e. The molecule has 2 aromatic rings. The average molecular weight is 459 g/mol. The van der Waals surface area contributed by atoms with E-state index in [1.54, 1.807) is 21.6 Å². The van der Waals surface area contributed by atoms with Crippen molar-refractivity contribution in [3.8, 4) is 0 Å². The fourth-order valence-electron chi connectivity index (χ4n) is 4.07. The second-order valence-electron chi connectivity index (χ2n) is 8.35. The van der Waals surface area contributed by atoms with Gasteiger partial charge < -0.3 is 9.64 Å². The molecule has 0 bridgehead atoms. The van der Waals surface area contributed by atoms with Gasteiger partial charge in [-0.15, -0.1) is 0 Å². The van der Waals surface area contributed by atoms with E-state index in [4.69, 9.17) is 21.9 Å². The fraction of sp³-hybridized carbons (Fsp3) is 0.455. The summed E-state index contributed by atoms with van der Waals surface area (Å²) in [6.07, 6.45) is 3.38. The van der Waals surface area contributed by atoms with Crippen molar-refractivity contribution in [2.75, 3.05) is 18.0 Å². The Morgan fingerprint density at radius 1 is 1.26 bits per heavy atom. The Labute approximate surface area is 191 Å². The molecule has 2 saturated heterocycles. The third-order valence-electron chi connectivity index (χ3n) is 5.40. The summed E-state index contributed by atoms with van der Waals surface area (Å²) >= 11 is 6.63. The van der Waals surface area contributed by atoms with Crippen LogP contribution in [0.1, 0.15) is 38.8 Å². The van der Waals surface area contributed by atoms with Crippen LogP contribution >= 0.6 is 24.0 Å². The smallest absolute Gasteiger partial charge is 0.267 e. The first-order valence-corrected chi connectivity index (χ1v) is 11.6. The molecule has 0 aromatic carbocycles. The molecule has 0 saturated carbocycles. The highest BCUT2D eigenvalue weighted by Crippen LogP contribution is 2.35. The lowest BCUT2D eigenvalue weighted by Gasteiger charge is -2.36. The zero-order chi connectivity index (χ0) is 22.4. The molecular formula is C22H26N4O3S2. The number of hydrogen-bond donors (Lipinski definition) is 0. The number of amides is 1. The molecule has 2 atom stereocenters. The number of thioether (sulfide) groups is 1. The first kappa shape index (κ1) is 22.0. The molecule has 0 radical (unpaired) electrons. The Kier molecular flexibility index (Phi) is 5.93. The van der Waals surface area contributed by atoms with E-state index < -0.39 is 0 Å². The van der Waals surface area contributed by atoms with Crippen molar-refractivity contribution < 1.29 is 9.53 Å². The van der Waals surface area contributed by atoms with Crippen LogP contribution in [0, 0.1) is 6.92 Å². The molecule has 0 unspecified atom stereocenters. The quantitative estimate of drug-likeness (QED) is 0.517. The molecule has 164 valence electrons. The van der Waals surface area contributed by atoms with Crippen LogP contribution < -0.4 is 10.5 Å². The van der Waals surface area contributed by atoms with Gasteiger partial charge in [0.05, 0.1) is 22.7 Å². The van der Waals surface area contributed by atoms with Crippen molar-refractivity contribution in [3.63, 3.8) is 0 Å². The Morgan fingerprint density at radius 3 is 2.55 bits per heavy atom. The number of hydrogen-bond acceptors (Lipinski definition) is 7. The molecule has 7 nitrogen and oxygen atoms in total. The number of carbonyl (C=O) groups excluding carboxylic acids is 1. The van der Waals surface area contributed by atoms with Gasteiger partial charge in [0.25, 0.3) is 11.5 Å². The lowest BCUT2D eigenvalue weighted by Crippen LogP contribution is -2.46. The predicted octanol–water partition coefficient (Wildman–Crippen LogP) is 3.23. The molecule has 2 fully saturated rings. The topological polar surface area (TPSA) is 67.2 Å². The summed E-state index contributed by atoms with van der Waals surface area (Å²) in [5, 5.41) is 0. The molecule has 1 amide bonds. The van der Waals surface area contributed by atoms with E-state index in [9.17, 15) is 9.59 Å². The Morgan fingerprint density at radius 2 is 1.94 bits per heavy atom. The van der Waals surface area contributed by atoms with Crippen molar-refractivity contribution in [1.82, 2.24) is 14.3 Å². The number of aryl methyl sites for hydroxylation is 1. The molecule has 2 aliphatic rings. The first-order valence-electron chi connectivity index (χ1n) is 10.4. The summed E-state index contributed by atoms with van der Waals surface area (Å²) in [5.74, 6) is 0.407. The van der Waals surface area contributed by atoms with Crippen molar-refractivity contribution in [2.24, 2.45) is 0 Å². The maximum Gasteiger partial charge on any atom is 0.267 e. The number of rotatable bonds is 3. The van der Waals surface area contributed by atoms with Gasteiger partial charge >= 0.3 is 0 Å². The van der Waals surface area contributed by atoms with Crippen LogP contribution in [0.4, 0.5) is 5.82 Å². The van der Waals surface area contributed by atoms with E-state index >= 15 is 0 Å². The van der Waals surface area contributed by atoms with Crippen LogP contribution in [0.5, 0.6) is 0 Å². The standard InChI is InChI=1S/C22H26N4O3S2/c1-12(2)26-21(28)17(31-22(26)30)9-16-19(24-10-14(4)29-15(5)11-24)23-18-13(3)7-6-8-25(18)20(16)27/h6-9,12,14-15H,10-11H2,1-5H3/b17-9+/t14-,15+. The van der Waals surface area contributed by atoms with Gasteiger partial charge in [-0.25, -0.2) is 4.98 Å². The Hall–Kier alpha value is -2.23. The summed E-state index contributed by atoms with van der Waals surface area (Å²) in [6, 6.07) is 3.72. The molecule has 2 aromatic heterocycles. The second kappa shape index (κ2) is 8.37. The molecule has 2 aliphatic heterocycles. The summed E-state index contributed by atoms with van der Waals surface area (Å²) in [7, 11) is 0. The van der Waals surface area contributed by atoms with Crippen LogP contribution in [-0.4, -0.2) is 55.9 Å². The lowest BCUT2D eigenvalue weighted by atomic mass is 10.1. The van der Waals surface area contributed by atoms with Gasteiger partial charge in [0.15, 0.2) is 0 Å². The number of morpholine rings is 1. The average Bonchev–Trinajstić information content (AvgIpc) is 2.97. The van der Waals surface area contributed by atoms with Crippen molar-refractivity contribution in [2.45, 2.75) is 52.9 Å². The SMILES string of the molecule is Cc1cccn2c(=O)c(/C=C3/SC(=S)N(C(C)C)C3=O)c(N3C[C@@H](C)O[C@@H](C)C3)nc12. The molecule has 4 heterocycles. The highest BCUT2D eigenvalue weighted by Gasteiger charge is 2.35. The summed E-state index contributed by atoms with van der Waals surface area (Å²) < 4.78 is 7.92. The highest BCUT2D eigenvalue weighted by molar-refractivity contribution is 8.26. The minimum atomic E-state index is -0.203. The van der Waals surface area contributed by atoms with Crippen molar-refractivity contribution in [3.05, 3.63) is 44.7 Å². The number of aromatic nitrogens is 2. The number of pyridine rings is 1. The van der Waals surface area contributed by atoms with Crippen LogP contribution in [0.25, 0.3) is 11.7 Å². The molecule has 9 heteroatoms. The van der Waals surface area contributed by atoms with Gasteiger partial charge in [-0.05, 0) is 52.3 Å². The predicted molar refractivity (Wildman–Crippen MR) is 129 cm³/mol. The summed E-state index contributed by atoms with van der Waals surface area (Å²) in [5.41, 5.74) is 1.72. The van der Waals surface area contributed by atoms with E-state index in [1.807, 2.05) is 46.8 Å². The monoisotopic (exact) mass is 458 g/mol. The third kappa shape index (κ3) is 4.02. The van der Waals surface area contributed by atoms with E-state index in [-0.39, 0.29) is 29.7 Å². The van der Waals surface area contributed by atoms with E-state index in [1.165, 1.54) is 11.8 Å². The van der Waals surface area contributed by atoms with Gasteiger partial charge in [-0.3, -0.25) is 18.9 Å². The van der Waals surface area contributed by atoms with Crippen LogP contribution in [0.2, 0.25) is 0 Å². The largest absolute Gasteiger partial charge is 0.372 e. The zero-order valence-electron chi connectivity index (χ0n) is 18.3. The highest BCUT2D eigenvalue weighted by atomic mass is 32.2. The molecule has 0 aliphatic carbocycles. The number of thiocarbonyl (C=S) groups is 1. The molecule has 31 heavy (non-hydrogen) atoms. The molecule has 0 N–H and O–H groups in total. The van der Waals surface area contributed by atoms with Gasteiger partial charge in [-0.2, -0.15) is 0 Å². The Bertz CT molecular complexity index is 1150. The molecular weight excluding hydrogens is 432 g/mol. The number of nitrogens with zero attached hydrogens (tertiary/aromatic N) is 4. The lowest BCUT2D eigenvalue weighted by molar-refractivity contribution is -0.123. The molecule has 0 spiro atoms. The van der Waals surface area contributed by atoms with Crippen molar-refractivity contribution >= 4 is 51.7 Å². The van der Waals surface area contributed by atoms with Crippen LogP contribution in [0.15, 0.2) is 28.0 Å². The summed E-state index contributed by atoms with van der Waals surface area (Å²) in [4.78, 5) is 35.5. The third-order valence-corrected chi connectivity index (χ3v) is 6.73. The van der Waals surface area contributed by atoms with E-state index in [0.717, 1.165) is 5.56 Å². The fourth-order valence-corrected chi connectivity index (χ4v) is 5.58. The zero-order valence-corrected chi connectivity index (χ0v) is 19.9. The number of carbonyl (C=O) groups is 1. The number of anilines is 1. The van der Waals surface area contributed by atoms with E-state index in [2.05, 4.69) is 4.90 Å². The van der Waals surface area contributed by atoms with E-state index in [0.29, 0.717) is 39.3 Å². The minimum absolute atomic E-state index is 0.00729. The number of ether oxygens (including phenoxy) is 1. The molecule has 4 rings (SSSR count). The van der Waals surface area contributed by atoms with Gasteiger partial charge in [0.2, 0.25) is 0 Å². The number of fused-ring (bicyclic) bond motifs is 1. The normalized spacial score (nSPS) is 23.6. The van der Waals surface area contributed by atoms with Crippen LogP contribution in [-0.2, 0) is 9.53 Å².